The molecule has 4 rings (SSSR count). The van der Waals surface area contributed by atoms with Crippen LogP contribution in [0.5, 0.6) is 0 Å². The van der Waals surface area contributed by atoms with Gasteiger partial charge in [-0.1, -0.05) is 92.2 Å². The first kappa shape index (κ1) is 22.3. The highest BCUT2D eigenvalue weighted by molar-refractivity contribution is 7.89. The summed E-state index contributed by atoms with van der Waals surface area (Å²) in [6.45, 7) is 7.13. The van der Waals surface area contributed by atoms with Gasteiger partial charge in [0.2, 0.25) is 10.0 Å². The molecule has 0 aliphatic carbocycles. The van der Waals surface area contributed by atoms with E-state index in [-0.39, 0.29) is 11.3 Å². The Balaban J connectivity index is 1.76. The smallest absolute Gasteiger partial charge is 0.207 e. The van der Waals surface area contributed by atoms with Gasteiger partial charge >= 0.3 is 0 Å². The Bertz CT molecular complexity index is 1240. The third-order valence-electron chi connectivity index (χ3n) is 6.43. The van der Waals surface area contributed by atoms with Crippen LogP contribution >= 0.6 is 0 Å². The SMILES string of the molecule is Cc1ccc(S(=O)(=O)N2CC(=C=Cc3ccccc3)C(C(C)(C)c3ccccc3)C2)cc1. The lowest BCUT2D eigenvalue weighted by Crippen LogP contribution is -2.34. The summed E-state index contributed by atoms with van der Waals surface area (Å²) in [5.41, 5.74) is 7.53. The summed E-state index contributed by atoms with van der Waals surface area (Å²) in [4.78, 5) is 0.340. The molecule has 4 heteroatoms. The number of rotatable bonds is 5. The van der Waals surface area contributed by atoms with Crippen molar-refractivity contribution in [2.24, 2.45) is 5.92 Å². The number of aryl methyl sites for hydroxylation is 1. The largest absolute Gasteiger partial charge is 0.243 e. The summed E-state index contributed by atoms with van der Waals surface area (Å²) in [6.07, 6.45) is 1.96. The number of sulfonamides is 1. The maximum Gasteiger partial charge on any atom is 0.243 e. The molecule has 1 heterocycles. The van der Waals surface area contributed by atoms with E-state index >= 15 is 0 Å². The molecule has 1 atom stereocenters. The minimum Gasteiger partial charge on any atom is -0.207 e. The van der Waals surface area contributed by atoms with Gasteiger partial charge in [0.05, 0.1) is 4.90 Å². The lowest BCUT2D eigenvalue weighted by molar-refractivity contribution is 0.354. The van der Waals surface area contributed by atoms with Crippen LogP contribution in [0.1, 0.15) is 30.5 Å². The lowest BCUT2D eigenvalue weighted by Gasteiger charge is -2.32. The van der Waals surface area contributed by atoms with Crippen molar-refractivity contribution < 1.29 is 8.42 Å². The molecule has 3 nitrogen and oxygen atoms in total. The predicted octanol–water partition coefficient (Wildman–Crippen LogP) is 5.83. The number of nitrogens with zero attached hydrogens (tertiary/aromatic N) is 1. The average molecular weight is 444 g/mol. The van der Waals surface area contributed by atoms with Crippen molar-refractivity contribution in [1.82, 2.24) is 4.31 Å². The van der Waals surface area contributed by atoms with Gasteiger partial charge in [-0.25, -0.2) is 8.42 Å². The van der Waals surface area contributed by atoms with Crippen LogP contribution in [0, 0.1) is 12.8 Å². The first-order valence-electron chi connectivity index (χ1n) is 10.9. The molecule has 0 aromatic heterocycles. The summed E-state index contributed by atoms with van der Waals surface area (Å²) in [5, 5.41) is 0. The average Bonchev–Trinajstić information content (AvgIpc) is 3.25. The van der Waals surface area contributed by atoms with Crippen LogP contribution in [0.4, 0.5) is 0 Å². The zero-order valence-electron chi connectivity index (χ0n) is 18.8. The molecule has 3 aromatic rings. The van der Waals surface area contributed by atoms with Gasteiger partial charge in [0, 0.05) is 19.0 Å². The van der Waals surface area contributed by atoms with Gasteiger partial charge in [-0.3, -0.25) is 0 Å². The molecule has 0 saturated carbocycles. The van der Waals surface area contributed by atoms with Crippen LogP contribution in [0.25, 0.3) is 6.08 Å². The van der Waals surface area contributed by atoms with Crippen molar-refractivity contribution in [3.8, 4) is 0 Å². The Hall–Kier alpha value is -2.91. The summed E-state index contributed by atoms with van der Waals surface area (Å²) in [5.74, 6) is 0.0186. The minimum atomic E-state index is -3.59. The van der Waals surface area contributed by atoms with Gasteiger partial charge in [0.25, 0.3) is 0 Å². The Morgan fingerprint density at radius 2 is 1.50 bits per heavy atom. The fourth-order valence-corrected chi connectivity index (χ4v) is 5.76. The Kier molecular flexibility index (Phi) is 6.21. The van der Waals surface area contributed by atoms with E-state index in [0.29, 0.717) is 18.0 Å². The molecule has 0 N–H and O–H groups in total. The van der Waals surface area contributed by atoms with E-state index in [4.69, 9.17) is 0 Å². The zero-order valence-corrected chi connectivity index (χ0v) is 19.6. The first-order chi connectivity index (χ1) is 15.3. The number of hydrogen-bond donors (Lipinski definition) is 0. The molecule has 1 fully saturated rings. The van der Waals surface area contributed by atoms with E-state index in [9.17, 15) is 8.42 Å². The highest BCUT2D eigenvalue weighted by Gasteiger charge is 2.43. The van der Waals surface area contributed by atoms with Crippen LogP contribution < -0.4 is 0 Å². The predicted molar refractivity (Wildman–Crippen MR) is 131 cm³/mol. The summed E-state index contributed by atoms with van der Waals surface area (Å²) < 4.78 is 28.5. The van der Waals surface area contributed by atoms with Gasteiger partial charge in [-0.2, -0.15) is 4.31 Å². The Morgan fingerprint density at radius 3 is 2.12 bits per heavy atom. The van der Waals surface area contributed by atoms with Gasteiger partial charge in [-0.15, -0.1) is 5.73 Å². The third kappa shape index (κ3) is 4.49. The Labute approximate surface area is 191 Å². The maximum atomic E-state index is 13.4. The quantitative estimate of drug-likeness (QED) is 0.465. The molecule has 0 bridgehead atoms. The number of hydrogen-bond acceptors (Lipinski definition) is 2. The normalized spacial score (nSPS) is 17.2. The zero-order chi connectivity index (χ0) is 22.8. The second kappa shape index (κ2) is 8.91. The van der Waals surface area contributed by atoms with Crippen LogP contribution in [0.2, 0.25) is 0 Å². The van der Waals surface area contributed by atoms with E-state index in [2.05, 4.69) is 31.7 Å². The minimum absolute atomic E-state index is 0.0186. The molecule has 1 aliphatic rings. The molecular weight excluding hydrogens is 414 g/mol. The van der Waals surface area contributed by atoms with Gasteiger partial charge in [-0.05, 0) is 47.2 Å². The molecular formula is C28H29NO2S. The summed E-state index contributed by atoms with van der Waals surface area (Å²) >= 11 is 0. The van der Waals surface area contributed by atoms with Crippen LogP contribution in [-0.4, -0.2) is 25.8 Å². The molecule has 164 valence electrons. The van der Waals surface area contributed by atoms with Crippen LogP contribution in [0.15, 0.2) is 101 Å². The van der Waals surface area contributed by atoms with Crippen molar-refractivity contribution in [3.63, 3.8) is 0 Å². The first-order valence-corrected chi connectivity index (χ1v) is 12.4. The van der Waals surface area contributed by atoms with Crippen molar-refractivity contribution in [1.29, 1.82) is 0 Å². The van der Waals surface area contributed by atoms with Crippen molar-refractivity contribution in [2.45, 2.75) is 31.1 Å². The molecule has 32 heavy (non-hydrogen) atoms. The van der Waals surface area contributed by atoms with Crippen LogP contribution in [0.3, 0.4) is 0 Å². The molecule has 0 amide bonds. The van der Waals surface area contributed by atoms with E-state index in [1.165, 1.54) is 5.56 Å². The molecule has 1 aliphatic heterocycles. The highest BCUT2D eigenvalue weighted by Crippen LogP contribution is 2.41. The van der Waals surface area contributed by atoms with Crippen molar-refractivity contribution >= 4 is 16.1 Å². The van der Waals surface area contributed by atoms with Gasteiger partial charge in [0.15, 0.2) is 0 Å². The molecule has 3 aromatic carbocycles. The highest BCUT2D eigenvalue weighted by atomic mass is 32.2. The summed E-state index contributed by atoms with van der Waals surface area (Å²) in [7, 11) is -3.59. The maximum absolute atomic E-state index is 13.4. The fraction of sp³-hybridized carbons (Fsp3) is 0.250. The van der Waals surface area contributed by atoms with E-state index in [1.807, 2.05) is 73.7 Å². The third-order valence-corrected chi connectivity index (χ3v) is 8.25. The van der Waals surface area contributed by atoms with Crippen molar-refractivity contribution in [3.05, 3.63) is 113 Å². The monoisotopic (exact) mass is 443 g/mol. The fourth-order valence-electron chi connectivity index (χ4n) is 4.33. The van der Waals surface area contributed by atoms with Crippen LogP contribution in [-0.2, 0) is 15.4 Å². The topological polar surface area (TPSA) is 37.4 Å². The molecule has 1 saturated heterocycles. The van der Waals surface area contributed by atoms with E-state index in [1.54, 1.807) is 16.4 Å². The van der Waals surface area contributed by atoms with E-state index in [0.717, 1.165) is 16.7 Å². The second-order valence-electron chi connectivity index (χ2n) is 8.98. The summed E-state index contributed by atoms with van der Waals surface area (Å²) in [6, 6.07) is 27.4. The van der Waals surface area contributed by atoms with Crippen molar-refractivity contribution in [2.75, 3.05) is 13.1 Å². The standard InChI is InChI=1S/C28H29NO2S/c1-22-14-18-26(19-15-22)32(30,31)29-20-24(17-16-23-10-6-4-7-11-23)27(21-29)28(2,3)25-12-8-5-9-13-25/h4-16,18-19,27H,20-21H2,1-3H3. The second-order valence-corrected chi connectivity index (χ2v) is 10.9. The molecule has 1 unspecified atom stereocenters. The van der Waals surface area contributed by atoms with Gasteiger partial charge < -0.3 is 0 Å². The number of benzene rings is 3. The van der Waals surface area contributed by atoms with Gasteiger partial charge in [0.1, 0.15) is 0 Å². The molecule has 0 radical (unpaired) electrons. The Morgan fingerprint density at radius 1 is 0.906 bits per heavy atom. The molecule has 0 spiro atoms. The lowest BCUT2D eigenvalue weighted by atomic mass is 9.71. The van der Waals surface area contributed by atoms with E-state index < -0.39 is 10.0 Å².